The Morgan fingerprint density at radius 2 is 1.72 bits per heavy atom. The highest BCUT2D eigenvalue weighted by molar-refractivity contribution is 6.04. The molecule has 1 aromatic heterocycles. The molecule has 3 unspecified atom stereocenters. The van der Waals surface area contributed by atoms with Crippen LogP contribution in [-0.4, -0.2) is 74.4 Å². The summed E-state index contributed by atoms with van der Waals surface area (Å²) in [7, 11) is 0. The van der Waals surface area contributed by atoms with E-state index in [2.05, 4.69) is 25.9 Å². The van der Waals surface area contributed by atoms with Crippen molar-refractivity contribution in [2.75, 3.05) is 6.54 Å². The number of hydrogen-bond donors (Lipinski definition) is 5. The number of amides is 4. The molecule has 13 heteroatoms. The number of carbonyl (C=O) groups is 5. The molecule has 4 amide bonds. The van der Waals surface area contributed by atoms with E-state index in [0.29, 0.717) is 30.6 Å². The van der Waals surface area contributed by atoms with Crippen LogP contribution in [0.1, 0.15) is 49.9 Å². The number of imidazole rings is 1. The first kappa shape index (κ1) is 34.4. The molecular formula is C34H40N6O7. The lowest BCUT2D eigenvalue weighted by molar-refractivity contribution is -0.142. The lowest BCUT2D eigenvalue weighted by atomic mass is 10.0. The van der Waals surface area contributed by atoms with E-state index in [1.165, 1.54) is 23.5 Å². The van der Waals surface area contributed by atoms with Crippen molar-refractivity contribution in [1.82, 2.24) is 30.8 Å². The highest BCUT2D eigenvalue weighted by atomic mass is 16.6. The average Bonchev–Trinajstić information content (AvgIpc) is 3.76. The number of aliphatic carboxylic acids is 1. The SMILES string of the molecule is CC(C)CC(NC(=O)C(Cc1cnc[nH]1)NC(=O)/C(=C\c1ccccc1)NC(=O)C1CCCN1C(=O)OCc1ccccc1)C(=O)O. The maximum atomic E-state index is 13.8. The molecule has 0 aliphatic carbocycles. The molecular weight excluding hydrogens is 604 g/mol. The van der Waals surface area contributed by atoms with Crippen molar-refractivity contribution in [1.29, 1.82) is 0 Å². The predicted molar refractivity (Wildman–Crippen MR) is 172 cm³/mol. The normalized spacial score (nSPS) is 15.9. The summed E-state index contributed by atoms with van der Waals surface area (Å²) in [4.78, 5) is 73.8. The van der Waals surface area contributed by atoms with Crippen LogP contribution in [-0.2, 0) is 36.9 Å². The van der Waals surface area contributed by atoms with Crippen molar-refractivity contribution in [3.05, 3.63) is 95.7 Å². The summed E-state index contributed by atoms with van der Waals surface area (Å²) in [6.45, 7) is 4.03. The van der Waals surface area contributed by atoms with Crippen LogP contribution in [0.3, 0.4) is 0 Å². The third-order valence-electron chi connectivity index (χ3n) is 7.53. The molecule has 1 aliphatic heterocycles. The summed E-state index contributed by atoms with van der Waals surface area (Å²) >= 11 is 0. The van der Waals surface area contributed by atoms with Crippen LogP contribution in [0.25, 0.3) is 6.08 Å². The standard InChI is InChI=1S/C34H40N6O7/c1-22(2)16-28(33(44)45)39-31(42)27(18-25-19-35-21-36-25)37-30(41)26(17-23-10-5-3-6-11-23)38-32(43)29-14-9-15-40(29)34(46)47-20-24-12-7-4-8-13-24/h3-8,10-13,17,19,21-22,27-29H,9,14-16,18,20H2,1-2H3,(H,35,36)(H,37,41)(H,38,43)(H,39,42)(H,44,45)/b26-17+. The minimum atomic E-state index is -1.22. The van der Waals surface area contributed by atoms with Crippen molar-refractivity contribution in [3.8, 4) is 0 Å². The molecule has 0 radical (unpaired) electrons. The molecule has 3 aromatic rings. The fraction of sp³-hybridized carbons (Fsp3) is 0.353. The number of rotatable bonds is 14. The Kier molecular flexibility index (Phi) is 12.3. The quantitative estimate of drug-likeness (QED) is 0.166. The van der Waals surface area contributed by atoms with Crippen molar-refractivity contribution in [2.24, 2.45) is 5.92 Å². The smallest absolute Gasteiger partial charge is 0.410 e. The zero-order valence-electron chi connectivity index (χ0n) is 26.3. The van der Waals surface area contributed by atoms with Gasteiger partial charge in [-0.3, -0.25) is 19.3 Å². The summed E-state index contributed by atoms with van der Waals surface area (Å²) < 4.78 is 5.46. The molecule has 4 rings (SSSR count). The highest BCUT2D eigenvalue weighted by Crippen LogP contribution is 2.20. The number of aromatic amines is 1. The number of likely N-dealkylation sites (tertiary alicyclic amines) is 1. The molecule has 2 heterocycles. The third-order valence-corrected chi connectivity index (χ3v) is 7.53. The zero-order valence-corrected chi connectivity index (χ0v) is 26.3. The first-order valence-electron chi connectivity index (χ1n) is 15.5. The number of H-pyrrole nitrogens is 1. The molecule has 1 fully saturated rings. The van der Waals surface area contributed by atoms with Crippen LogP contribution in [0.2, 0.25) is 0 Å². The van der Waals surface area contributed by atoms with Gasteiger partial charge >= 0.3 is 12.1 Å². The van der Waals surface area contributed by atoms with Gasteiger partial charge in [0, 0.05) is 24.9 Å². The Morgan fingerprint density at radius 1 is 1.02 bits per heavy atom. The second-order valence-electron chi connectivity index (χ2n) is 11.7. The van der Waals surface area contributed by atoms with E-state index >= 15 is 0 Å². The molecule has 248 valence electrons. The second kappa shape index (κ2) is 16.7. The zero-order chi connectivity index (χ0) is 33.8. The first-order valence-corrected chi connectivity index (χ1v) is 15.5. The van der Waals surface area contributed by atoms with Crippen molar-refractivity contribution < 1.29 is 33.8 Å². The number of carboxylic acids is 1. The van der Waals surface area contributed by atoms with Gasteiger partial charge in [-0.2, -0.15) is 0 Å². The molecule has 2 aromatic carbocycles. The number of aromatic nitrogens is 2. The molecule has 5 N–H and O–H groups in total. The molecule has 0 bridgehead atoms. The molecule has 3 atom stereocenters. The molecule has 0 spiro atoms. The van der Waals surface area contributed by atoms with E-state index in [9.17, 15) is 29.1 Å². The van der Waals surface area contributed by atoms with E-state index in [-0.39, 0.29) is 31.1 Å². The van der Waals surface area contributed by atoms with Gasteiger partial charge in [-0.05, 0) is 42.4 Å². The van der Waals surface area contributed by atoms with Gasteiger partial charge in [-0.1, -0.05) is 74.5 Å². The van der Waals surface area contributed by atoms with Gasteiger partial charge in [0.2, 0.25) is 11.8 Å². The second-order valence-corrected chi connectivity index (χ2v) is 11.7. The fourth-order valence-electron chi connectivity index (χ4n) is 5.18. The third kappa shape index (κ3) is 10.3. The van der Waals surface area contributed by atoms with Crippen molar-refractivity contribution in [2.45, 2.75) is 64.3 Å². The minimum absolute atomic E-state index is 0.0153. The summed E-state index contributed by atoms with van der Waals surface area (Å²) in [6.07, 6.45) is 4.82. The topological polar surface area (TPSA) is 183 Å². The van der Waals surface area contributed by atoms with Gasteiger partial charge in [0.15, 0.2) is 0 Å². The van der Waals surface area contributed by atoms with Gasteiger partial charge in [0.25, 0.3) is 5.91 Å². The van der Waals surface area contributed by atoms with Crippen LogP contribution >= 0.6 is 0 Å². The summed E-state index contributed by atoms with van der Waals surface area (Å²) in [5.41, 5.74) is 1.76. The Bertz CT molecular complexity index is 1540. The molecule has 1 aliphatic rings. The number of carboxylic acid groups (broad SMARTS) is 1. The number of nitrogens with one attached hydrogen (secondary N) is 4. The van der Waals surface area contributed by atoms with Gasteiger partial charge in [0.1, 0.15) is 30.4 Å². The maximum Gasteiger partial charge on any atom is 0.410 e. The Labute approximate surface area is 272 Å². The maximum absolute atomic E-state index is 13.8. The van der Waals surface area contributed by atoms with Crippen LogP contribution < -0.4 is 16.0 Å². The first-order chi connectivity index (χ1) is 22.6. The van der Waals surface area contributed by atoms with E-state index in [4.69, 9.17) is 4.74 Å². The van der Waals surface area contributed by atoms with Gasteiger partial charge in [-0.25, -0.2) is 14.6 Å². The van der Waals surface area contributed by atoms with E-state index in [0.717, 1.165) is 5.56 Å². The average molecular weight is 645 g/mol. The summed E-state index contributed by atoms with van der Waals surface area (Å²) in [5.74, 6) is -3.30. The Balaban J connectivity index is 1.53. The van der Waals surface area contributed by atoms with Crippen LogP contribution in [0, 0.1) is 5.92 Å². The number of carbonyl (C=O) groups excluding carboxylic acids is 4. The summed E-state index contributed by atoms with van der Waals surface area (Å²) in [6, 6.07) is 14.7. The molecule has 47 heavy (non-hydrogen) atoms. The number of nitrogens with zero attached hydrogens (tertiary/aromatic N) is 2. The molecule has 0 saturated carbocycles. The van der Waals surface area contributed by atoms with Gasteiger partial charge in [0.05, 0.1) is 6.33 Å². The van der Waals surface area contributed by atoms with Gasteiger partial charge in [-0.15, -0.1) is 0 Å². The highest BCUT2D eigenvalue weighted by Gasteiger charge is 2.36. The number of ether oxygens (including phenoxy) is 1. The molecule has 13 nitrogen and oxygen atoms in total. The molecule has 1 saturated heterocycles. The minimum Gasteiger partial charge on any atom is -0.480 e. The van der Waals surface area contributed by atoms with Crippen LogP contribution in [0.5, 0.6) is 0 Å². The lowest BCUT2D eigenvalue weighted by Gasteiger charge is -2.25. The monoisotopic (exact) mass is 644 g/mol. The lowest BCUT2D eigenvalue weighted by Crippen LogP contribution is -2.54. The van der Waals surface area contributed by atoms with Crippen molar-refractivity contribution in [3.63, 3.8) is 0 Å². The fourth-order valence-corrected chi connectivity index (χ4v) is 5.18. The Morgan fingerprint density at radius 3 is 2.36 bits per heavy atom. The van der Waals surface area contributed by atoms with E-state index in [1.54, 1.807) is 30.3 Å². The Hall–Kier alpha value is -5.46. The largest absolute Gasteiger partial charge is 0.480 e. The van der Waals surface area contributed by atoms with Crippen LogP contribution in [0.15, 0.2) is 78.9 Å². The number of hydrogen-bond acceptors (Lipinski definition) is 7. The van der Waals surface area contributed by atoms with E-state index in [1.807, 2.05) is 44.2 Å². The van der Waals surface area contributed by atoms with Gasteiger partial charge < -0.3 is 30.8 Å². The summed E-state index contributed by atoms with van der Waals surface area (Å²) in [5, 5.41) is 17.5. The number of benzene rings is 2. The van der Waals surface area contributed by atoms with E-state index < -0.39 is 47.9 Å². The predicted octanol–water partition coefficient (Wildman–Crippen LogP) is 3.01. The van der Waals surface area contributed by atoms with Crippen molar-refractivity contribution >= 4 is 35.9 Å². The van der Waals surface area contributed by atoms with Crippen LogP contribution in [0.4, 0.5) is 4.79 Å².